The first-order valence-corrected chi connectivity index (χ1v) is 6.14. The van der Waals surface area contributed by atoms with Crippen molar-refractivity contribution in [1.29, 1.82) is 0 Å². The summed E-state index contributed by atoms with van der Waals surface area (Å²) in [5.41, 5.74) is 5.56. The van der Waals surface area contributed by atoms with E-state index in [2.05, 4.69) is 10.1 Å². The summed E-state index contributed by atoms with van der Waals surface area (Å²) in [6, 6.07) is -0.568. The normalized spacial score (nSPS) is 21.1. The molecule has 92 valence electrons. The Hall–Kier alpha value is -0.950. The number of esters is 1. The largest absolute Gasteiger partial charge is 0.468 e. The Morgan fingerprint density at radius 1 is 1.81 bits per heavy atom. The number of methoxy groups -OCH3 is 1. The van der Waals surface area contributed by atoms with E-state index in [0.29, 0.717) is 18.7 Å². The first-order valence-electron chi connectivity index (χ1n) is 4.99. The van der Waals surface area contributed by atoms with Crippen molar-refractivity contribution in [2.24, 2.45) is 5.73 Å². The van der Waals surface area contributed by atoms with Gasteiger partial charge in [0.15, 0.2) is 0 Å². The minimum absolute atomic E-state index is 0.0770. The van der Waals surface area contributed by atoms with Crippen LogP contribution in [0.15, 0.2) is 0 Å². The van der Waals surface area contributed by atoms with Gasteiger partial charge in [0, 0.05) is 5.75 Å². The number of carbonyl (C=O) groups is 2. The van der Waals surface area contributed by atoms with E-state index < -0.39 is 12.0 Å². The molecule has 2 atom stereocenters. The number of alkyl carbamates (subject to hydrolysis) is 1. The van der Waals surface area contributed by atoms with Crippen molar-refractivity contribution >= 4 is 23.8 Å². The predicted molar refractivity (Wildman–Crippen MR) is 60.2 cm³/mol. The van der Waals surface area contributed by atoms with Crippen LogP contribution in [-0.2, 0) is 14.3 Å². The van der Waals surface area contributed by atoms with Crippen molar-refractivity contribution in [3.05, 3.63) is 0 Å². The first-order chi connectivity index (χ1) is 7.63. The smallest absolute Gasteiger partial charge is 0.407 e. The Morgan fingerprint density at radius 3 is 3.12 bits per heavy atom. The van der Waals surface area contributed by atoms with E-state index in [9.17, 15) is 9.59 Å². The van der Waals surface area contributed by atoms with Crippen molar-refractivity contribution < 1.29 is 19.1 Å². The molecule has 1 aliphatic heterocycles. The topological polar surface area (TPSA) is 90.6 Å². The monoisotopic (exact) mass is 248 g/mol. The molecule has 0 aliphatic carbocycles. The Kier molecular flexibility index (Phi) is 5.41. The molecule has 0 spiro atoms. The van der Waals surface area contributed by atoms with Crippen LogP contribution < -0.4 is 11.1 Å². The van der Waals surface area contributed by atoms with Crippen molar-refractivity contribution in [3.63, 3.8) is 0 Å². The Morgan fingerprint density at radius 2 is 2.56 bits per heavy atom. The zero-order chi connectivity index (χ0) is 12.0. The van der Waals surface area contributed by atoms with Crippen molar-refractivity contribution in [2.75, 3.05) is 25.2 Å². The van der Waals surface area contributed by atoms with Gasteiger partial charge in [-0.2, -0.15) is 11.8 Å². The lowest BCUT2D eigenvalue weighted by molar-refractivity contribution is -0.142. The van der Waals surface area contributed by atoms with E-state index in [-0.39, 0.29) is 12.2 Å². The summed E-state index contributed by atoms with van der Waals surface area (Å²) in [7, 11) is 1.32. The summed E-state index contributed by atoms with van der Waals surface area (Å²) in [6.45, 7) is 0.550. The number of nitrogens with one attached hydrogen (secondary N) is 1. The summed E-state index contributed by atoms with van der Waals surface area (Å²) in [6.07, 6.45) is 0.120. The lowest BCUT2D eigenvalue weighted by Crippen LogP contribution is -2.32. The second-order valence-electron chi connectivity index (χ2n) is 3.40. The van der Waals surface area contributed by atoms with Crippen LogP contribution in [0.2, 0.25) is 0 Å². The summed E-state index contributed by atoms with van der Waals surface area (Å²) in [5, 5.41) is 2.57. The van der Waals surface area contributed by atoms with Gasteiger partial charge in [0.2, 0.25) is 0 Å². The third-order valence-corrected chi connectivity index (χ3v) is 3.26. The SMILES string of the molecule is COC(=O)C(N)CCSCC1CNC(=O)O1. The quantitative estimate of drug-likeness (QED) is 0.496. The van der Waals surface area contributed by atoms with Gasteiger partial charge in [0.1, 0.15) is 12.1 Å². The van der Waals surface area contributed by atoms with E-state index in [1.807, 2.05) is 0 Å². The molecule has 1 amide bonds. The molecule has 16 heavy (non-hydrogen) atoms. The number of nitrogens with two attached hydrogens (primary N) is 1. The molecule has 0 radical (unpaired) electrons. The molecule has 1 rings (SSSR count). The molecule has 6 nitrogen and oxygen atoms in total. The summed E-state index contributed by atoms with van der Waals surface area (Å²) >= 11 is 1.60. The van der Waals surface area contributed by atoms with E-state index in [0.717, 1.165) is 5.75 Å². The zero-order valence-corrected chi connectivity index (χ0v) is 9.92. The fourth-order valence-corrected chi connectivity index (χ4v) is 2.26. The first kappa shape index (κ1) is 13.1. The van der Waals surface area contributed by atoms with Crippen LogP contribution >= 0.6 is 11.8 Å². The summed E-state index contributed by atoms with van der Waals surface area (Å²) in [4.78, 5) is 21.7. The van der Waals surface area contributed by atoms with Gasteiger partial charge < -0.3 is 20.5 Å². The van der Waals surface area contributed by atoms with E-state index in [1.165, 1.54) is 7.11 Å². The predicted octanol–water partition coefficient (Wildman–Crippen LogP) is -0.282. The van der Waals surface area contributed by atoms with E-state index >= 15 is 0 Å². The molecule has 0 saturated carbocycles. The van der Waals surface area contributed by atoms with Gasteiger partial charge in [-0.25, -0.2) is 4.79 Å². The maximum Gasteiger partial charge on any atom is 0.407 e. The molecular weight excluding hydrogens is 232 g/mol. The molecule has 2 unspecified atom stereocenters. The average Bonchev–Trinajstić information content (AvgIpc) is 2.69. The molecular formula is C9H16N2O4S. The maximum atomic E-state index is 11.0. The minimum Gasteiger partial charge on any atom is -0.468 e. The van der Waals surface area contributed by atoms with Gasteiger partial charge in [-0.15, -0.1) is 0 Å². The lowest BCUT2D eigenvalue weighted by Gasteiger charge is -2.10. The highest BCUT2D eigenvalue weighted by molar-refractivity contribution is 7.99. The molecule has 1 heterocycles. The van der Waals surface area contributed by atoms with Gasteiger partial charge in [0.05, 0.1) is 13.7 Å². The van der Waals surface area contributed by atoms with Gasteiger partial charge >= 0.3 is 12.1 Å². The summed E-state index contributed by atoms with van der Waals surface area (Å²) in [5.74, 6) is 1.06. The highest BCUT2D eigenvalue weighted by atomic mass is 32.2. The summed E-state index contributed by atoms with van der Waals surface area (Å²) < 4.78 is 9.45. The van der Waals surface area contributed by atoms with Crippen LogP contribution in [0.25, 0.3) is 0 Å². The van der Waals surface area contributed by atoms with Crippen LogP contribution in [0.5, 0.6) is 0 Å². The van der Waals surface area contributed by atoms with Crippen molar-refractivity contribution in [3.8, 4) is 0 Å². The van der Waals surface area contributed by atoms with Crippen LogP contribution in [0, 0.1) is 0 Å². The number of carbonyl (C=O) groups excluding carboxylic acids is 2. The van der Waals surface area contributed by atoms with Gasteiger partial charge in [0.25, 0.3) is 0 Å². The zero-order valence-electron chi connectivity index (χ0n) is 9.10. The van der Waals surface area contributed by atoms with Crippen molar-refractivity contribution in [2.45, 2.75) is 18.6 Å². The van der Waals surface area contributed by atoms with Crippen LogP contribution in [0.3, 0.4) is 0 Å². The maximum absolute atomic E-state index is 11.0. The van der Waals surface area contributed by atoms with E-state index in [4.69, 9.17) is 10.5 Å². The Bertz CT molecular complexity index is 262. The molecule has 0 aromatic rings. The molecule has 1 saturated heterocycles. The Labute approximate surface area is 98.2 Å². The molecule has 7 heteroatoms. The highest BCUT2D eigenvalue weighted by Gasteiger charge is 2.22. The third kappa shape index (κ3) is 4.28. The third-order valence-electron chi connectivity index (χ3n) is 2.13. The van der Waals surface area contributed by atoms with Crippen molar-refractivity contribution in [1.82, 2.24) is 5.32 Å². The van der Waals surface area contributed by atoms with Crippen LogP contribution in [0.1, 0.15) is 6.42 Å². The standard InChI is InChI=1S/C9H16N2O4S/c1-14-8(12)7(10)2-3-16-5-6-4-11-9(13)15-6/h6-7H,2-5,10H2,1H3,(H,11,13). The highest BCUT2D eigenvalue weighted by Crippen LogP contribution is 2.11. The minimum atomic E-state index is -0.568. The van der Waals surface area contributed by atoms with Gasteiger partial charge in [-0.1, -0.05) is 0 Å². The Balaban J connectivity index is 2.03. The molecule has 0 bridgehead atoms. The van der Waals surface area contributed by atoms with Gasteiger partial charge in [-0.05, 0) is 12.2 Å². The number of cyclic esters (lactones) is 1. The number of amides is 1. The molecule has 1 aliphatic rings. The molecule has 0 aromatic heterocycles. The number of hydrogen-bond acceptors (Lipinski definition) is 6. The lowest BCUT2D eigenvalue weighted by atomic mass is 10.2. The fraction of sp³-hybridized carbons (Fsp3) is 0.778. The molecule has 0 aromatic carbocycles. The molecule has 1 fully saturated rings. The average molecular weight is 248 g/mol. The number of rotatable bonds is 6. The van der Waals surface area contributed by atoms with Crippen LogP contribution in [0.4, 0.5) is 4.79 Å². The number of hydrogen-bond donors (Lipinski definition) is 2. The number of ether oxygens (including phenoxy) is 2. The van der Waals surface area contributed by atoms with E-state index in [1.54, 1.807) is 11.8 Å². The van der Waals surface area contributed by atoms with Gasteiger partial charge in [-0.3, -0.25) is 4.79 Å². The second-order valence-corrected chi connectivity index (χ2v) is 4.55. The van der Waals surface area contributed by atoms with Crippen LogP contribution in [-0.4, -0.2) is 49.4 Å². The molecule has 3 N–H and O–H groups in total. The number of thioether (sulfide) groups is 1. The fourth-order valence-electron chi connectivity index (χ4n) is 1.22. The second kappa shape index (κ2) is 6.59.